The van der Waals surface area contributed by atoms with E-state index in [1.807, 2.05) is 11.8 Å². The highest BCUT2D eigenvalue weighted by Gasteiger charge is 2.38. The normalized spacial score (nSPS) is 19.2. The maximum absolute atomic E-state index is 13.1. The minimum Gasteiger partial charge on any atom is -0.382 e. The summed E-state index contributed by atoms with van der Waals surface area (Å²) in [4.78, 5) is 1.91. The first-order chi connectivity index (χ1) is 11.3. The molecule has 0 bridgehead atoms. The van der Waals surface area contributed by atoms with Crippen LogP contribution in [0.2, 0.25) is 0 Å². The van der Waals surface area contributed by atoms with E-state index in [4.69, 9.17) is 9.47 Å². The van der Waals surface area contributed by atoms with Gasteiger partial charge in [-0.3, -0.25) is 0 Å². The van der Waals surface area contributed by atoms with Crippen molar-refractivity contribution in [2.24, 2.45) is 0 Å². The molecule has 3 rings (SSSR count). The Kier molecular flexibility index (Phi) is 4.35. The topological polar surface area (TPSA) is 64.8 Å². The molecule has 0 saturated carbocycles. The van der Waals surface area contributed by atoms with Crippen molar-refractivity contribution in [3.8, 4) is 0 Å². The number of morpholine rings is 1. The van der Waals surface area contributed by atoms with Crippen molar-refractivity contribution in [2.45, 2.75) is 26.1 Å². The molecule has 0 spiro atoms. The Hall–Kier alpha value is -1.94. The Morgan fingerprint density at radius 3 is 2.67 bits per heavy atom. The molecule has 1 fully saturated rings. The van der Waals surface area contributed by atoms with Gasteiger partial charge in [0.25, 0.3) is 5.82 Å². The first-order valence-corrected chi connectivity index (χ1v) is 7.48. The first-order valence-electron chi connectivity index (χ1n) is 7.48. The fourth-order valence-electron chi connectivity index (χ4n) is 2.79. The highest BCUT2D eigenvalue weighted by atomic mass is 19.4. The lowest BCUT2D eigenvalue weighted by Crippen LogP contribution is -2.45. The number of hydrogen-bond donors (Lipinski definition) is 0. The second kappa shape index (κ2) is 6.17. The fourth-order valence-corrected chi connectivity index (χ4v) is 2.79. The summed E-state index contributed by atoms with van der Waals surface area (Å²) in [5.41, 5.74) is 1.52. The summed E-state index contributed by atoms with van der Waals surface area (Å²) in [7, 11) is 1.58. The average molecular weight is 345 g/mol. The summed E-state index contributed by atoms with van der Waals surface area (Å²) < 4.78 is 50.8. The van der Waals surface area contributed by atoms with E-state index in [1.54, 1.807) is 14.0 Å². The Morgan fingerprint density at radius 2 is 2.00 bits per heavy atom. The molecule has 24 heavy (non-hydrogen) atoms. The van der Waals surface area contributed by atoms with E-state index in [0.717, 1.165) is 10.1 Å². The fraction of sp³-hybridized carbons (Fsp3) is 0.643. The minimum absolute atomic E-state index is 0.116. The van der Waals surface area contributed by atoms with Crippen LogP contribution in [0.1, 0.15) is 17.0 Å². The van der Waals surface area contributed by atoms with Gasteiger partial charge in [0.1, 0.15) is 0 Å². The van der Waals surface area contributed by atoms with Gasteiger partial charge in [-0.1, -0.05) is 0 Å². The molecule has 2 aromatic heterocycles. The number of methoxy groups -OCH3 is 1. The Morgan fingerprint density at radius 1 is 1.25 bits per heavy atom. The molecule has 132 valence electrons. The van der Waals surface area contributed by atoms with Crippen molar-refractivity contribution >= 4 is 11.5 Å². The molecule has 0 radical (unpaired) electrons. The third-order valence-electron chi connectivity index (χ3n) is 4.11. The first kappa shape index (κ1) is 16.9. The predicted molar refractivity (Wildman–Crippen MR) is 79.1 cm³/mol. The van der Waals surface area contributed by atoms with Gasteiger partial charge >= 0.3 is 6.18 Å². The third kappa shape index (κ3) is 2.91. The van der Waals surface area contributed by atoms with Gasteiger partial charge in [-0.05, 0) is 13.8 Å². The number of aryl methyl sites for hydroxylation is 1. The van der Waals surface area contributed by atoms with Gasteiger partial charge in [-0.25, -0.2) is 0 Å². The Balaban J connectivity index is 2.06. The van der Waals surface area contributed by atoms with E-state index in [2.05, 4.69) is 15.3 Å². The van der Waals surface area contributed by atoms with Crippen molar-refractivity contribution in [1.29, 1.82) is 0 Å². The summed E-state index contributed by atoms with van der Waals surface area (Å²) in [6.07, 6.45) is -4.77. The zero-order chi connectivity index (χ0) is 17.5. The van der Waals surface area contributed by atoms with E-state index in [0.29, 0.717) is 37.7 Å². The summed E-state index contributed by atoms with van der Waals surface area (Å²) >= 11 is 0. The molecule has 0 N–H and O–H groups in total. The number of hydrogen-bond acceptors (Lipinski definition) is 6. The Labute approximate surface area is 136 Å². The smallest absolute Gasteiger partial charge is 0.382 e. The lowest BCUT2D eigenvalue weighted by atomic mass is 10.1. The monoisotopic (exact) mass is 345 g/mol. The standard InChI is InChI=1S/C14H18F3N5O2/c1-8-9(2)12(21-4-5-24-10(6-21)7-23-3)20-22-11(8)18-19-13(22)14(15,16)17/h10H,4-7H2,1-3H3. The van der Waals surface area contributed by atoms with Crippen LogP contribution in [0.5, 0.6) is 0 Å². The highest BCUT2D eigenvalue weighted by Crippen LogP contribution is 2.31. The summed E-state index contributed by atoms with van der Waals surface area (Å²) in [6, 6.07) is 0. The van der Waals surface area contributed by atoms with Crippen molar-refractivity contribution in [2.75, 3.05) is 38.3 Å². The van der Waals surface area contributed by atoms with Crippen LogP contribution in [0.25, 0.3) is 5.65 Å². The molecule has 0 amide bonds. The molecule has 0 aliphatic carbocycles. The van der Waals surface area contributed by atoms with Crippen LogP contribution in [-0.4, -0.2) is 59.3 Å². The number of anilines is 1. The van der Waals surface area contributed by atoms with Crippen LogP contribution in [0.3, 0.4) is 0 Å². The minimum atomic E-state index is -4.62. The molecule has 1 atom stereocenters. The van der Waals surface area contributed by atoms with Gasteiger partial charge in [0.2, 0.25) is 0 Å². The molecule has 1 unspecified atom stereocenters. The van der Waals surface area contributed by atoms with E-state index in [1.165, 1.54) is 0 Å². The average Bonchev–Trinajstić information content (AvgIpc) is 2.95. The molecule has 1 saturated heterocycles. The molecule has 1 aliphatic heterocycles. The number of fused-ring (bicyclic) bond motifs is 1. The molecule has 1 aliphatic rings. The van der Waals surface area contributed by atoms with Crippen LogP contribution in [0.4, 0.5) is 19.0 Å². The van der Waals surface area contributed by atoms with Crippen LogP contribution in [0.15, 0.2) is 0 Å². The van der Waals surface area contributed by atoms with Crippen LogP contribution in [-0.2, 0) is 15.7 Å². The van der Waals surface area contributed by atoms with Gasteiger partial charge in [-0.2, -0.15) is 17.7 Å². The summed E-state index contributed by atoms with van der Waals surface area (Å²) in [6.45, 7) is 5.45. The number of alkyl halides is 3. The van der Waals surface area contributed by atoms with Crippen molar-refractivity contribution in [3.63, 3.8) is 0 Å². The van der Waals surface area contributed by atoms with E-state index >= 15 is 0 Å². The largest absolute Gasteiger partial charge is 0.453 e. The molecular formula is C14H18F3N5O2. The highest BCUT2D eigenvalue weighted by molar-refractivity contribution is 5.59. The lowest BCUT2D eigenvalue weighted by molar-refractivity contribution is -0.146. The van der Waals surface area contributed by atoms with Crippen molar-refractivity contribution in [3.05, 3.63) is 17.0 Å². The number of nitrogens with zero attached hydrogens (tertiary/aromatic N) is 5. The quantitative estimate of drug-likeness (QED) is 0.842. The van der Waals surface area contributed by atoms with Crippen molar-refractivity contribution in [1.82, 2.24) is 19.8 Å². The summed E-state index contributed by atoms with van der Waals surface area (Å²) in [5.74, 6) is -0.641. The molecule has 2 aromatic rings. The molecule has 0 aromatic carbocycles. The summed E-state index contributed by atoms with van der Waals surface area (Å²) in [5, 5.41) is 11.1. The van der Waals surface area contributed by atoms with E-state index in [9.17, 15) is 13.2 Å². The maximum atomic E-state index is 13.1. The van der Waals surface area contributed by atoms with Crippen LogP contribution >= 0.6 is 0 Å². The SMILES string of the molecule is COCC1CN(c2nn3c(C(F)(F)F)nnc3c(C)c2C)CCO1. The van der Waals surface area contributed by atoms with Gasteiger partial charge in [0, 0.05) is 31.3 Å². The number of aromatic nitrogens is 4. The predicted octanol–water partition coefficient (Wildman–Crippen LogP) is 1.61. The molecule has 7 nitrogen and oxygen atoms in total. The van der Waals surface area contributed by atoms with E-state index in [-0.39, 0.29) is 11.8 Å². The van der Waals surface area contributed by atoms with Crippen LogP contribution < -0.4 is 4.90 Å². The third-order valence-corrected chi connectivity index (χ3v) is 4.11. The van der Waals surface area contributed by atoms with Crippen molar-refractivity contribution < 1.29 is 22.6 Å². The molecule has 10 heteroatoms. The lowest BCUT2D eigenvalue weighted by Gasteiger charge is -2.34. The number of rotatable bonds is 3. The van der Waals surface area contributed by atoms with Gasteiger partial charge < -0.3 is 14.4 Å². The van der Waals surface area contributed by atoms with Gasteiger partial charge in [0.05, 0.1) is 19.3 Å². The number of halogens is 3. The Bertz CT molecular complexity index is 744. The molecular weight excluding hydrogens is 327 g/mol. The van der Waals surface area contributed by atoms with Gasteiger partial charge in [-0.15, -0.1) is 15.3 Å². The zero-order valence-corrected chi connectivity index (χ0v) is 13.6. The van der Waals surface area contributed by atoms with E-state index < -0.39 is 12.0 Å². The second-order valence-corrected chi connectivity index (χ2v) is 5.72. The zero-order valence-electron chi connectivity index (χ0n) is 13.6. The second-order valence-electron chi connectivity index (χ2n) is 5.72. The van der Waals surface area contributed by atoms with Gasteiger partial charge in [0.15, 0.2) is 11.5 Å². The number of ether oxygens (including phenoxy) is 2. The molecule has 3 heterocycles. The maximum Gasteiger partial charge on any atom is 0.453 e. The van der Waals surface area contributed by atoms with Crippen LogP contribution in [0, 0.1) is 13.8 Å².